The van der Waals surface area contributed by atoms with E-state index < -0.39 is 0 Å². The molecule has 1 aliphatic heterocycles. The number of hydrogen-bond donors (Lipinski definition) is 0. The molecular weight excluding hydrogens is 268 g/mol. The van der Waals surface area contributed by atoms with Crippen LogP contribution in [0.3, 0.4) is 0 Å². The molecule has 94 valence electrons. The standard InChI is InChI=1S/C13H23BrO2/c1-10(5-7-15-2)13(9-14)6-8-16-12(13)11-3-4-11/h10-12H,3-9H2,1-2H3. The maximum atomic E-state index is 6.01. The Kier molecular flexibility index (Phi) is 4.31. The van der Waals surface area contributed by atoms with Gasteiger partial charge in [0.25, 0.3) is 0 Å². The van der Waals surface area contributed by atoms with Crippen molar-refractivity contribution in [3.05, 3.63) is 0 Å². The summed E-state index contributed by atoms with van der Waals surface area (Å²) in [4.78, 5) is 0. The van der Waals surface area contributed by atoms with Crippen LogP contribution in [0.2, 0.25) is 0 Å². The molecule has 0 spiro atoms. The normalized spacial score (nSPS) is 36.6. The lowest BCUT2D eigenvalue weighted by Crippen LogP contribution is -2.40. The van der Waals surface area contributed by atoms with Gasteiger partial charge in [0.15, 0.2) is 0 Å². The Morgan fingerprint density at radius 1 is 1.50 bits per heavy atom. The first-order chi connectivity index (χ1) is 7.74. The molecule has 0 bridgehead atoms. The molecule has 2 fully saturated rings. The van der Waals surface area contributed by atoms with E-state index in [2.05, 4.69) is 22.9 Å². The lowest BCUT2D eigenvalue weighted by Gasteiger charge is -2.38. The fraction of sp³-hybridized carbons (Fsp3) is 1.00. The summed E-state index contributed by atoms with van der Waals surface area (Å²) in [5.41, 5.74) is 0.361. The molecular formula is C13H23BrO2. The number of alkyl halides is 1. The van der Waals surface area contributed by atoms with Crippen LogP contribution in [0.5, 0.6) is 0 Å². The van der Waals surface area contributed by atoms with Crippen molar-refractivity contribution in [2.24, 2.45) is 17.3 Å². The molecule has 1 saturated carbocycles. The van der Waals surface area contributed by atoms with Gasteiger partial charge in [0.1, 0.15) is 0 Å². The highest BCUT2D eigenvalue weighted by Crippen LogP contribution is 2.53. The molecule has 1 aliphatic carbocycles. The number of hydrogen-bond acceptors (Lipinski definition) is 2. The molecule has 16 heavy (non-hydrogen) atoms. The number of halogens is 1. The zero-order valence-electron chi connectivity index (χ0n) is 10.4. The lowest BCUT2D eigenvalue weighted by molar-refractivity contribution is 0.00923. The molecule has 3 unspecified atom stereocenters. The van der Waals surface area contributed by atoms with Gasteiger partial charge in [-0.1, -0.05) is 22.9 Å². The summed E-state index contributed by atoms with van der Waals surface area (Å²) in [6.07, 6.45) is 5.60. The highest BCUT2D eigenvalue weighted by atomic mass is 79.9. The average molecular weight is 291 g/mol. The molecule has 3 heteroatoms. The van der Waals surface area contributed by atoms with Crippen molar-refractivity contribution in [1.82, 2.24) is 0 Å². The minimum atomic E-state index is 0.361. The zero-order valence-corrected chi connectivity index (χ0v) is 12.0. The molecule has 0 aromatic carbocycles. The monoisotopic (exact) mass is 290 g/mol. The second-order valence-electron chi connectivity index (χ2n) is 5.43. The minimum absolute atomic E-state index is 0.361. The first kappa shape index (κ1) is 12.8. The number of rotatable bonds is 6. The first-order valence-corrected chi connectivity index (χ1v) is 7.53. The van der Waals surface area contributed by atoms with Crippen LogP contribution in [0, 0.1) is 17.3 Å². The van der Waals surface area contributed by atoms with Crippen molar-refractivity contribution < 1.29 is 9.47 Å². The van der Waals surface area contributed by atoms with Crippen LogP contribution in [0.4, 0.5) is 0 Å². The Morgan fingerprint density at radius 2 is 2.25 bits per heavy atom. The van der Waals surface area contributed by atoms with E-state index in [1.54, 1.807) is 7.11 Å². The maximum Gasteiger partial charge on any atom is 0.0670 e. The quantitative estimate of drug-likeness (QED) is 0.699. The predicted molar refractivity (Wildman–Crippen MR) is 69.0 cm³/mol. The van der Waals surface area contributed by atoms with Gasteiger partial charge in [-0.25, -0.2) is 0 Å². The van der Waals surface area contributed by atoms with Crippen LogP contribution in [-0.2, 0) is 9.47 Å². The van der Waals surface area contributed by atoms with Gasteiger partial charge in [-0.05, 0) is 37.5 Å². The highest BCUT2D eigenvalue weighted by Gasteiger charge is 2.52. The van der Waals surface area contributed by atoms with Gasteiger partial charge in [0.05, 0.1) is 6.10 Å². The molecule has 0 amide bonds. The summed E-state index contributed by atoms with van der Waals surface area (Å²) < 4.78 is 11.2. The first-order valence-electron chi connectivity index (χ1n) is 6.41. The van der Waals surface area contributed by atoms with E-state index in [4.69, 9.17) is 9.47 Å². The molecule has 2 nitrogen and oxygen atoms in total. The van der Waals surface area contributed by atoms with E-state index in [1.807, 2.05) is 0 Å². The van der Waals surface area contributed by atoms with E-state index in [1.165, 1.54) is 19.3 Å². The topological polar surface area (TPSA) is 18.5 Å². The Morgan fingerprint density at radius 3 is 2.81 bits per heavy atom. The largest absolute Gasteiger partial charge is 0.385 e. The third-order valence-electron chi connectivity index (χ3n) is 4.47. The minimum Gasteiger partial charge on any atom is -0.385 e. The third kappa shape index (κ3) is 2.32. The summed E-state index contributed by atoms with van der Waals surface area (Å²) >= 11 is 3.74. The molecule has 1 saturated heterocycles. The number of methoxy groups -OCH3 is 1. The zero-order chi connectivity index (χ0) is 11.6. The molecule has 2 rings (SSSR count). The fourth-order valence-corrected chi connectivity index (χ4v) is 4.22. The van der Waals surface area contributed by atoms with Crippen molar-refractivity contribution in [1.29, 1.82) is 0 Å². The molecule has 0 N–H and O–H groups in total. The lowest BCUT2D eigenvalue weighted by atomic mass is 9.70. The van der Waals surface area contributed by atoms with Crippen LogP contribution < -0.4 is 0 Å². The van der Waals surface area contributed by atoms with E-state index >= 15 is 0 Å². The third-order valence-corrected chi connectivity index (χ3v) is 5.51. The average Bonchev–Trinajstić information content (AvgIpc) is 3.05. The Hall–Kier alpha value is 0.400. The van der Waals surface area contributed by atoms with Crippen molar-refractivity contribution in [3.8, 4) is 0 Å². The summed E-state index contributed by atoms with van der Waals surface area (Å²) in [6.45, 7) is 4.18. The van der Waals surface area contributed by atoms with E-state index in [-0.39, 0.29) is 0 Å². The second-order valence-corrected chi connectivity index (χ2v) is 5.99. The summed E-state index contributed by atoms with van der Waals surface area (Å²) in [6, 6.07) is 0. The Balaban J connectivity index is 2.03. The van der Waals surface area contributed by atoms with E-state index in [0.29, 0.717) is 17.4 Å². The Bertz CT molecular complexity index is 230. The Labute approximate surface area is 107 Å². The van der Waals surface area contributed by atoms with Gasteiger partial charge in [0, 0.05) is 31.1 Å². The van der Waals surface area contributed by atoms with Gasteiger partial charge in [-0.2, -0.15) is 0 Å². The SMILES string of the molecule is COCCC(C)C1(CBr)CCOC1C1CC1. The molecule has 2 aliphatic rings. The van der Waals surface area contributed by atoms with Gasteiger partial charge >= 0.3 is 0 Å². The van der Waals surface area contributed by atoms with Crippen molar-refractivity contribution in [3.63, 3.8) is 0 Å². The molecule has 3 atom stereocenters. The summed E-state index contributed by atoms with van der Waals surface area (Å²) in [7, 11) is 1.79. The molecule has 1 heterocycles. The fourth-order valence-electron chi connectivity index (χ4n) is 3.07. The van der Waals surface area contributed by atoms with Crippen molar-refractivity contribution >= 4 is 15.9 Å². The number of ether oxygens (including phenoxy) is 2. The smallest absolute Gasteiger partial charge is 0.0670 e. The van der Waals surface area contributed by atoms with Gasteiger partial charge < -0.3 is 9.47 Å². The van der Waals surface area contributed by atoms with Crippen LogP contribution in [-0.4, -0.2) is 31.8 Å². The maximum absolute atomic E-state index is 6.01. The summed E-state index contributed by atoms with van der Waals surface area (Å²) in [5, 5.41) is 1.08. The van der Waals surface area contributed by atoms with Crippen LogP contribution in [0.15, 0.2) is 0 Å². The highest BCUT2D eigenvalue weighted by molar-refractivity contribution is 9.09. The van der Waals surface area contributed by atoms with Gasteiger partial charge in [-0.15, -0.1) is 0 Å². The second kappa shape index (κ2) is 5.36. The van der Waals surface area contributed by atoms with Gasteiger partial charge in [-0.3, -0.25) is 0 Å². The van der Waals surface area contributed by atoms with Crippen LogP contribution >= 0.6 is 15.9 Å². The molecule has 0 radical (unpaired) electrons. The van der Waals surface area contributed by atoms with Crippen LogP contribution in [0.1, 0.15) is 32.6 Å². The van der Waals surface area contributed by atoms with Crippen molar-refractivity contribution in [2.45, 2.75) is 38.7 Å². The van der Waals surface area contributed by atoms with Crippen LogP contribution in [0.25, 0.3) is 0 Å². The van der Waals surface area contributed by atoms with E-state index in [0.717, 1.165) is 30.9 Å². The van der Waals surface area contributed by atoms with Gasteiger partial charge in [0.2, 0.25) is 0 Å². The molecule has 0 aromatic heterocycles. The summed E-state index contributed by atoms with van der Waals surface area (Å²) in [5.74, 6) is 1.52. The van der Waals surface area contributed by atoms with E-state index in [9.17, 15) is 0 Å². The molecule has 0 aromatic rings. The predicted octanol–water partition coefficient (Wildman–Crippen LogP) is 3.24. The van der Waals surface area contributed by atoms with Crippen molar-refractivity contribution in [2.75, 3.05) is 25.7 Å².